The molecule has 0 atom stereocenters. The second-order valence-electron chi connectivity index (χ2n) is 5.74. The van der Waals surface area contributed by atoms with Crippen LogP contribution in [-0.4, -0.2) is 28.8 Å². The van der Waals surface area contributed by atoms with E-state index in [0.717, 1.165) is 26.7 Å². The van der Waals surface area contributed by atoms with Crippen LogP contribution in [0.4, 0.5) is 0 Å². The first kappa shape index (κ1) is 17.5. The van der Waals surface area contributed by atoms with Gasteiger partial charge in [0.25, 0.3) is 5.89 Å². The molecule has 2 heterocycles. The molecule has 0 radical (unpaired) electrons. The van der Waals surface area contributed by atoms with Crippen LogP contribution in [0.3, 0.4) is 0 Å². The maximum atomic E-state index is 5.72. The Morgan fingerprint density at radius 2 is 1.89 bits per heavy atom. The SMILES string of the molecule is CCOc1nc2ccc(OC)cc2cc1-c1noc(-c2ccccc2Br)n1. The van der Waals surface area contributed by atoms with E-state index < -0.39 is 0 Å². The fraction of sp³-hybridized carbons (Fsp3) is 0.150. The fourth-order valence-electron chi connectivity index (χ4n) is 2.75. The fourth-order valence-corrected chi connectivity index (χ4v) is 3.20. The number of nitrogens with zero attached hydrogens (tertiary/aromatic N) is 3. The molecular weight excluding hydrogens is 410 g/mol. The van der Waals surface area contributed by atoms with Crippen LogP contribution in [-0.2, 0) is 0 Å². The van der Waals surface area contributed by atoms with Crippen molar-refractivity contribution in [2.45, 2.75) is 6.92 Å². The summed E-state index contributed by atoms with van der Waals surface area (Å²) in [4.78, 5) is 9.15. The van der Waals surface area contributed by atoms with Crippen LogP contribution in [0, 0.1) is 0 Å². The summed E-state index contributed by atoms with van der Waals surface area (Å²) in [6.45, 7) is 2.39. The summed E-state index contributed by atoms with van der Waals surface area (Å²) in [6.07, 6.45) is 0. The van der Waals surface area contributed by atoms with Gasteiger partial charge >= 0.3 is 0 Å². The standard InChI is InChI=1S/C20H16BrN3O3/c1-3-26-19-15(11-12-10-13(25-2)8-9-17(12)22-19)18-23-20(27-24-18)14-6-4-5-7-16(14)21/h4-11H,3H2,1-2H3. The second kappa shape index (κ2) is 7.36. The summed E-state index contributed by atoms with van der Waals surface area (Å²) >= 11 is 3.51. The average molecular weight is 426 g/mol. The molecule has 6 nitrogen and oxygen atoms in total. The molecule has 0 amide bonds. The van der Waals surface area contributed by atoms with E-state index in [4.69, 9.17) is 14.0 Å². The molecule has 0 saturated heterocycles. The Morgan fingerprint density at radius 3 is 2.67 bits per heavy atom. The van der Waals surface area contributed by atoms with Crippen molar-refractivity contribution >= 4 is 26.8 Å². The first-order valence-electron chi connectivity index (χ1n) is 8.40. The van der Waals surface area contributed by atoms with Gasteiger partial charge in [-0.1, -0.05) is 17.3 Å². The normalized spacial score (nSPS) is 10.9. The zero-order valence-electron chi connectivity index (χ0n) is 14.8. The quantitative estimate of drug-likeness (QED) is 0.441. The third-order valence-electron chi connectivity index (χ3n) is 4.04. The Labute approximate surface area is 164 Å². The molecule has 0 saturated carbocycles. The lowest BCUT2D eigenvalue weighted by Gasteiger charge is -2.09. The molecule has 0 N–H and O–H groups in total. The number of benzene rings is 2. The van der Waals surface area contributed by atoms with Crippen molar-refractivity contribution < 1.29 is 14.0 Å². The number of ether oxygens (including phenoxy) is 2. The largest absolute Gasteiger partial charge is 0.497 e. The first-order chi connectivity index (χ1) is 13.2. The molecular formula is C20H16BrN3O3. The number of aromatic nitrogens is 3. The van der Waals surface area contributed by atoms with Crippen LogP contribution >= 0.6 is 15.9 Å². The van der Waals surface area contributed by atoms with Gasteiger partial charge in [-0.25, -0.2) is 4.98 Å². The van der Waals surface area contributed by atoms with Crippen LogP contribution in [0.5, 0.6) is 11.6 Å². The Morgan fingerprint density at radius 1 is 1.04 bits per heavy atom. The number of methoxy groups -OCH3 is 1. The van der Waals surface area contributed by atoms with Crippen LogP contribution in [0.25, 0.3) is 33.7 Å². The molecule has 0 fully saturated rings. The minimum absolute atomic E-state index is 0.418. The Bertz CT molecular complexity index is 1110. The molecule has 4 aromatic rings. The second-order valence-corrected chi connectivity index (χ2v) is 6.59. The van der Waals surface area contributed by atoms with Gasteiger partial charge in [-0.05, 0) is 59.3 Å². The molecule has 2 aromatic carbocycles. The lowest BCUT2D eigenvalue weighted by atomic mass is 10.1. The first-order valence-corrected chi connectivity index (χ1v) is 9.19. The lowest BCUT2D eigenvalue weighted by Crippen LogP contribution is -1.98. The van der Waals surface area contributed by atoms with Gasteiger partial charge in [0.1, 0.15) is 5.75 Å². The van der Waals surface area contributed by atoms with E-state index in [1.807, 2.05) is 55.5 Å². The summed E-state index contributed by atoms with van der Waals surface area (Å²) in [7, 11) is 1.63. The highest BCUT2D eigenvalue weighted by atomic mass is 79.9. The maximum absolute atomic E-state index is 5.72. The molecule has 0 aliphatic carbocycles. The van der Waals surface area contributed by atoms with Gasteiger partial charge in [0, 0.05) is 9.86 Å². The molecule has 0 aliphatic rings. The van der Waals surface area contributed by atoms with Crippen LogP contribution in [0.15, 0.2) is 57.5 Å². The maximum Gasteiger partial charge on any atom is 0.259 e. The number of fused-ring (bicyclic) bond motifs is 1. The van der Waals surface area contributed by atoms with Gasteiger partial charge in [-0.3, -0.25) is 0 Å². The molecule has 0 spiro atoms. The zero-order valence-corrected chi connectivity index (χ0v) is 16.4. The summed E-state index contributed by atoms with van der Waals surface area (Å²) in [5.41, 5.74) is 2.29. The van der Waals surface area contributed by atoms with Gasteiger partial charge < -0.3 is 14.0 Å². The monoisotopic (exact) mass is 425 g/mol. The zero-order chi connectivity index (χ0) is 18.8. The van der Waals surface area contributed by atoms with Crippen molar-refractivity contribution in [3.8, 4) is 34.5 Å². The molecule has 136 valence electrons. The van der Waals surface area contributed by atoms with Crippen molar-refractivity contribution in [3.63, 3.8) is 0 Å². The van der Waals surface area contributed by atoms with Crippen molar-refractivity contribution in [1.29, 1.82) is 0 Å². The molecule has 27 heavy (non-hydrogen) atoms. The highest BCUT2D eigenvalue weighted by molar-refractivity contribution is 9.10. The van der Waals surface area contributed by atoms with Gasteiger partial charge in [-0.15, -0.1) is 0 Å². The third-order valence-corrected chi connectivity index (χ3v) is 4.73. The minimum atomic E-state index is 0.418. The predicted octanol–water partition coefficient (Wildman–Crippen LogP) is 5.12. The number of rotatable bonds is 5. The predicted molar refractivity (Wildman–Crippen MR) is 106 cm³/mol. The van der Waals surface area contributed by atoms with E-state index in [9.17, 15) is 0 Å². The van der Waals surface area contributed by atoms with Crippen LogP contribution in [0.1, 0.15) is 6.92 Å². The summed E-state index contributed by atoms with van der Waals surface area (Å²) in [5, 5.41) is 5.04. The van der Waals surface area contributed by atoms with Gasteiger partial charge in [0.15, 0.2) is 0 Å². The third kappa shape index (κ3) is 3.38. The van der Waals surface area contributed by atoms with E-state index >= 15 is 0 Å². The van der Waals surface area contributed by atoms with Crippen molar-refractivity contribution in [2.24, 2.45) is 0 Å². The number of halogens is 1. The number of hydrogen-bond acceptors (Lipinski definition) is 6. The van der Waals surface area contributed by atoms with E-state index in [0.29, 0.717) is 29.8 Å². The van der Waals surface area contributed by atoms with Crippen molar-refractivity contribution in [2.75, 3.05) is 13.7 Å². The van der Waals surface area contributed by atoms with Crippen molar-refractivity contribution in [3.05, 3.63) is 53.0 Å². The van der Waals surface area contributed by atoms with Crippen molar-refractivity contribution in [1.82, 2.24) is 15.1 Å². The smallest absolute Gasteiger partial charge is 0.259 e. The van der Waals surface area contributed by atoms with E-state index in [1.54, 1.807) is 7.11 Å². The van der Waals surface area contributed by atoms with Gasteiger partial charge in [-0.2, -0.15) is 4.98 Å². The average Bonchev–Trinajstić information content (AvgIpc) is 3.17. The number of hydrogen-bond donors (Lipinski definition) is 0. The molecule has 2 aromatic heterocycles. The highest BCUT2D eigenvalue weighted by Crippen LogP contribution is 2.34. The highest BCUT2D eigenvalue weighted by Gasteiger charge is 2.18. The molecule has 7 heteroatoms. The van der Waals surface area contributed by atoms with E-state index in [1.165, 1.54) is 0 Å². The Balaban J connectivity index is 1.84. The molecule has 4 rings (SSSR count). The lowest BCUT2D eigenvalue weighted by molar-refractivity contribution is 0.329. The van der Waals surface area contributed by atoms with E-state index in [2.05, 4.69) is 31.1 Å². The summed E-state index contributed by atoms with van der Waals surface area (Å²) < 4.78 is 17.4. The summed E-state index contributed by atoms with van der Waals surface area (Å²) in [6, 6.07) is 15.3. The molecule has 0 bridgehead atoms. The van der Waals surface area contributed by atoms with Crippen LogP contribution in [0.2, 0.25) is 0 Å². The topological polar surface area (TPSA) is 70.3 Å². The van der Waals surface area contributed by atoms with Crippen LogP contribution < -0.4 is 9.47 Å². The molecule has 0 aliphatic heterocycles. The Hall–Kier alpha value is -2.93. The van der Waals surface area contributed by atoms with Gasteiger partial charge in [0.2, 0.25) is 11.7 Å². The van der Waals surface area contributed by atoms with E-state index in [-0.39, 0.29) is 0 Å². The number of pyridine rings is 1. The molecule has 0 unspecified atom stereocenters. The Kier molecular flexibility index (Phi) is 4.77. The summed E-state index contributed by atoms with van der Waals surface area (Å²) in [5.74, 6) is 2.06. The van der Waals surface area contributed by atoms with Gasteiger partial charge in [0.05, 0.1) is 30.4 Å². The minimum Gasteiger partial charge on any atom is -0.497 e.